The summed E-state index contributed by atoms with van der Waals surface area (Å²) >= 11 is 0. The third kappa shape index (κ3) is 2.82. The minimum absolute atomic E-state index is 0.323. The van der Waals surface area contributed by atoms with Crippen molar-refractivity contribution < 1.29 is 0 Å². The van der Waals surface area contributed by atoms with Gasteiger partial charge in [-0.2, -0.15) is 0 Å². The summed E-state index contributed by atoms with van der Waals surface area (Å²) in [6, 6.07) is 31.1. The van der Waals surface area contributed by atoms with Crippen molar-refractivity contribution in [2.75, 3.05) is 0 Å². The Morgan fingerprint density at radius 2 is 1.41 bits per heavy atom. The number of hydrogen-bond donors (Lipinski definition) is 1. The normalized spacial score (nSPS) is 15.8. The lowest BCUT2D eigenvalue weighted by Crippen LogP contribution is -2.05. The van der Waals surface area contributed by atoms with Crippen LogP contribution in [0.5, 0.6) is 0 Å². The van der Waals surface area contributed by atoms with E-state index in [1.54, 1.807) is 0 Å². The lowest BCUT2D eigenvalue weighted by molar-refractivity contribution is 0.895. The molecule has 0 bridgehead atoms. The zero-order chi connectivity index (χ0) is 21.7. The molecule has 0 aromatic heterocycles. The summed E-state index contributed by atoms with van der Waals surface area (Å²) in [6.45, 7) is 2.84. The fourth-order valence-electron chi connectivity index (χ4n) is 5.79. The topological polar surface area (TPSA) is 26.0 Å². The van der Waals surface area contributed by atoms with E-state index < -0.39 is 0 Å². The second-order valence-corrected chi connectivity index (χ2v) is 8.88. The Bertz CT molecular complexity index is 1380. The molecular formula is C31H27N. The van der Waals surface area contributed by atoms with Gasteiger partial charge in [0.1, 0.15) is 0 Å². The Morgan fingerprint density at radius 3 is 2.22 bits per heavy atom. The van der Waals surface area contributed by atoms with Crippen LogP contribution in [0.3, 0.4) is 0 Å². The van der Waals surface area contributed by atoms with Gasteiger partial charge in [-0.15, -0.1) is 0 Å². The molecule has 2 N–H and O–H groups in total. The highest BCUT2D eigenvalue weighted by Crippen LogP contribution is 2.49. The molecule has 1 nitrogen and oxygen atoms in total. The highest BCUT2D eigenvalue weighted by atomic mass is 14.5. The predicted octanol–water partition coefficient (Wildman–Crippen LogP) is 7.32. The van der Waals surface area contributed by atoms with Gasteiger partial charge in [0, 0.05) is 12.5 Å². The summed E-state index contributed by atoms with van der Waals surface area (Å²) in [4.78, 5) is 0. The van der Waals surface area contributed by atoms with Crippen molar-refractivity contribution in [1.29, 1.82) is 0 Å². The van der Waals surface area contributed by atoms with E-state index in [2.05, 4.69) is 97.9 Å². The van der Waals surface area contributed by atoms with Crippen molar-refractivity contribution in [3.8, 4) is 22.3 Å². The molecule has 1 heteroatoms. The van der Waals surface area contributed by atoms with Crippen molar-refractivity contribution in [3.63, 3.8) is 0 Å². The molecule has 32 heavy (non-hydrogen) atoms. The average Bonchev–Trinajstić information content (AvgIpc) is 3.42. The Kier molecular flexibility index (Phi) is 4.59. The summed E-state index contributed by atoms with van der Waals surface area (Å²) in [5.41, 5.74) is 21.4. The third-order valence-electron chi connectivity index (χ3n) is 7.29. The molecule has 0 aliphatic heterocycles. The van der Waals surface area contributed by atoms with Crippen molar-refractivity contribution in [2.45, 2.75) is 32.2 Å². The fourth-order valence-corrected chi connectivity index (χ4v) is 5.79. The molecule has 0 amide bonds. The van der Waals surface area contributed by atoms with E-state index in [1.807, 2.05) is 0 Å². The van der Waals surface area contributed by atoms with E-state index >= 15 is 0 Å². The summed E-state index contributed by atoms with van der Waals surface area (Å²) in [6.07, 6.45) is 4.53. The predicted molar refractivity (Wildman–Crippen MR) is 135 cm³/mol. The van der Waals surface area contributed by atoms with Crippen molar-refractivity contribution in [2.24, 2.45) is 5.73 Å². The van der Waals surface area contributed by atoms with Gasteiger partial charge in [-0.25, -0.2) is 0 Å². The maximum absolute atomic E-state index is 6.09. The molecule has 0 radical (unpaired) electrons. The number of allylic oxidation sites excluding steroid dienone is 1. The first-order valence-corrected chi connectivity index (χ1v) is 11.6. The highest BCUT2D eigenvalue weighted by Gasteiger charge is 2.32. The van der Waals surface area contributed by atoms with Crippen LogP contribution in [-0.2, 0) is 13.0 Å². The van der Waals surface area contributed by atoms with Crippen LogP contribution >= 0.6 is 0 Å². The first-order valence-electron chi connectivity index (χ1n) is 11.6. The Balaban J connectivity index is 1.54. The number of hydrogen-bond acceptors (Lipinski definition) is 1. The molecule has 156 valence electrons. The molecule has 1 unspecified atom stereocenters. The maximum atomic E-state index is 6.09. The van der Waals surface area contributed by atoms with Gasteiger partial charge in [0.15, 0.2) is 0 Å². The maximum Gasteiger partial charge on any atom is 0.0311 e. The van der Waals surface area contributed by atoms with Gasteiger partial charge in [-0.3, -0.25) is 0 Å². The molecule has 4 aromatic carbocycles. The molecule has 2 aliphatic rings. The summed E-state index contributed by atoms with van der Waals surface area (Å²) < 4.78 is 0. The zero-order valence-electron chi connectivity index (χ0n) is 18.4. The van der Waals surface area contributed by atoms with Crippen LogP contribution in [0.4, 0.5) is 0 Å². The monoisotopic (exact) mass is 413 g/mol. The Hall–Kier alpha value is -3.42. The van der Waals surface area contributed by atoms with Gasteiger partial charge in [-0.1, -0.05) is 104 Å². The molecule has 2 aliphatic carbocycles. The van der Waals surface area contributed by atoms with E-state index in [4.69, 9.17) is 5.73 Å². The molecule has 6 rings (SSSR count). The zero-order valence-corrected chi connectivity index (χ0v) is 18.4. The molecule has 0 spiro atoms. The number of fused-ring (bicyclic) bond motifs is 4. The second-order valence-electron chi connectivity index (χ2n) is 8.88. The molecule has 0 saturated heterocycles. The molecule has 0 heterocycles. The van der Waals surface area contributed by atoms with Crippen molar-refractivity contribution in [3.05, 3.63) is 124 Å². The van der Waals surface area contributed by atoms with E-state index in [0.717, 1.165) is 12.8 Å². The number of rotatable bonds is 4. The van der Waals surface area contributed by atoms with Crippen LogP contribution in [0.25, 0.3) is 28.3 Å². The lowest BCUT2D eigenvalue weighted by atomic mass is 9.82. The van der Waals surface area contributed by atoms with Crippen LogP contribution in [-0.4, -0.2) is 0 Å². The second kappa shape index (κ2) is 7.62. The van der Waals surface area contributed by atoms with Gasteiger partial charge in [0.05, 0.1) is 0 Å². The van der Waals surface area contributed by atoms with E-state index in [1.165, 1.54) is 61.2 Å². The summed E-state index contributed by atoms with van der Waals surface area (Å²) in [5.74, 6) is 0.323. The quantitative estimate of drug-likeness (QED) is 0.328. The minimum atomic E-state index is 0.323. The number of benzene rings is 4. The third-order valence-corrected chi connectivity index (χ3v) is 7.29. The van der Waals surface area contributed by atoms with Crippen LogP contribution in [0.1, 0.15) is 52.6 Å². The van der Waals surface area contributed by atoms with Gasteiger partial charge in [0.2, 0.25) is 0 Å². The van der Waals surface area contributed by atoms with Crippen molar-refractivity contribution in [1.82, 2.24) is 0 Å². The first-order chi connectivity index (χ1) is 15.8. The SMILES string of the molecule is CCC1=Cc2c(-c3ccccc3CN)cccc2C1c1cccc2c1Cc1ccccc1-2. The molecule has 1 atom stereocenters. The molecule has 0 fully saturated rings. The minimum Gasteiger partial charge on any atom is -0.326 e. The summed E-state index contributed by atoms with van der Waals surface area (Å²) in [7, 11) is 0. The smallest absolute Gasteiger partial charge is 0.0311 e. The Morgan fingerprint density at radius 1 is 0.719 bits per heavy atom. The van der Waals surface area contributed by atoms with Crippen LogP contribution < -0.4 is 5.73 Å². The highest BCUT2D eigenvalue weighted by molar-refractivity contribution is 5.85. The van der Waals surface area contributed by atoms with Gasteiger partial charge in [-0.05, 0) is 68.5 Å². The van der Waals surface area contributed by atoms with Gasteiger partial charge < -0.3 is 5.73 Å². The summed E-state index contributed by atoms with van der Waals surface area (Å²) in [5, 5.41) is 0. The van der Waals surface area contributed by atoms with Crippen LogP contribution in [0.2, 0.25) is 0 Å². The molecule has 4 aromatic rings. The largest absolute Gasteiger partial charge is 0.326 e. The van der Waals surface area contributed by atoms with E-state index in [0.29, 0.717) is 12.5 Å². The number of nitrogens with two attached hydrogens (primary N) is 1. The first kappa shape index (κ1) is 19.3. The Labute approximate surface area is 190 Å². The van der Waals surface area contributed by atoms with E-state index in [9.17, 15) is 0 Å². The van der Waals surface area contributed by atoms with Crippen molar-refractivity contribution >= 4 is 6.08 Å². The van der Waals surface area contributed by atoms with Gasteiger partial charge in [0.25, 0.3) is 0 Å². The lowest BCUT2D eigenvalue weighted by Gasteiger charge is -2.21. The van der Waals surface area contributed by atoms with Crippen LogP contribution in [0, 0.1) is 0 Å². The van der Waals surface area contributed by atoms with Gasteiger partial charge >= 0.3 is 0 Å². The molecule has 0 saturated carbocycles. The standard InChI is InChI=1S/C31H27N/c1-2-20-17-29-26(24-12-6-4-10-22(24)19-32)14-8-15-27(29)31(20)28-16-7-13-25-23-11-5-3-9-21(23)18-30(25)28/h3-17,31H,2,18-19,32H2,1H3. The average molecular weight is 414 g/mol. The molecular weight excluding hydrogens is 386 g/mol. The van der Waals surface area contributed by atoms with Crippen LogP contribution in [0.15, 0.2) is 90.5 Å². The fraction of sp³-hybridized carbons (Fsp3) is 0.161. The van der Waals surface area contributed by atoms with E-state index in [-0.39, 0.29) is 0 Å².